The number of imidazole rings is 1. The number of aromatic nitrogens is 3. The molecule has 3 aromatic heterocycles. The Morgan fingerprint density at radius 3 is 2.57 bits per heavy atom. The molecule has 0 N–H and O–H groups in total. The Morgan fingerprint density at radius 1 is 1.23 bits per heavy atom. The average molecular weight is 447 g/mol. The molecule has 6 nitrogen and oxygen atoms in total. The highest BCUT2D eigenvalue weighted by atomic mass is 35.5. The van der Waals surface area contributed by atoms with Crippen molar-refractivity contribution < 1.29 is 13.6 Å². The number of ether oxygens (including phenoxy) is 1. The summed E-state index contributed by atoms with van der Waals surface area (Å²) in [6.45, 7) is 11.0. The maximum absolute atomic E-state index is 13.4. The van der Waals surface area contributed by atoms with E-state index in [-0.39, 0.29) is 11.6 Å². The predicted molar refractivity (Wildman–Crippen MR) is 116 cm³/mol. The molecular weight excluding hydrogens is 423 g/mol. The Hall–Kier alpha value is -2.47. The summed E-state index contributed by atoms with van der Waals surface area (Å²) >= 11 is 6.23. The highest BCUT2D eigenvalue weighted by molar-refractivity contribution is 6.74. The van der Waals surface area contributed by atoms with Crippen LogP contribution in [-0.4, -0.2) is 29.3 Å². The molecule has 0 fully saturated rings. The third kappa shape index (κ3) is 4.64. The Balaban J connectivity index is 1.99. The van der Waals surface area contributed by atoms with Crippen LogP contribution in [-0.2, 0) is 4.43 Å². The predicted octanol–water partition coefficient (Wildman–Crippen LogP) is 5.54. The van der Waals surface area contributed by atoms with Crippen LogP contribution >= 0.6 is 11.6 Å². The van der Waals surface area contributed by atoms with E-state index in [1.807, 2.05) is 0 Å². The molecule has 9 heteroatoms. The molecule has 0 aliphatic heterocycles. The van der Waals surface area contributed by atoms with Crippen LogP contribution in [0.25, 0.3) is 5.65 Å². The molecule has 0 spiro atoms. The van der Waals surface area contributed by atoms with Gasteiger partial charge in [0.25, 0.3) is 0 Å². The van der Waals surface area contributed by atoms with Crippen LogP contribution in [0.4, 0.5) is 4.39 Å². The van der Waals surface area contributed by atoms with Gasteiger partial charge in [-0.25, -0.2) is 9.37 Å². The molecule has 1 atom stereocenters. The largest absolute Gasteiger partial charge is 0.466 e. The summed E-state index contributed by atoms with van der Waals surface area (Å²) < 4.78 is 27.6. The zero-order valence-electron chi connectivity index (χ0n) is 17.6. The van der Waals surface area contributed by atoms with Gasteiger partial charge in [-0.3, -0.25) is 9.38 Å². The molecule has 158 valence electrons. The van der Waals surface area contributed by atoms with E-state index in [1.54, 1.807) is 22.6 Å². The third-order valence-electron chi connectivity index (χ3n) is 5.40. The molecule has 0 aromatic carbocycles. The highest BCUT2D eigenvalue weighted by Crippen LogP contribution is 2.37. The number of nitriles is 1. The molecule has 0 saturated heterocycles. The van der Waals surface area contributed by atoms with E-state index in [9.17, 15) is 9.65 Å². The Bertz CT molecular complexity index is 1090. The van der Waals surface area contributed by atoms with Crippen LogP contribution in [0.3, 0.4) is 0 Å². The van der Waals surface area contributed by atoms with E-state index >= 15 is 0 Å². The van der Waals surface area contributed by atoms with Crippen molar-refractivity contribution in [1.29, 1.82) is 5.26 Å². The number of rotatable bonds is 6. The number of pyridine rings is 2. The van der Waals surface area contributed by atoms with Crippen molar-refractivity contribution in [2.75, 3.05) is 6.61 Å². The summed E-state index contributed by atoms with van der Waals surface area (Å²) in [6.07, 6.45) is 1.97. The van der Waals surface area contributed by atoms with Gasteiger partial charge in [0.2, 0.25) is 5.88 Å². The smallest absolute Gasteiger partial charge is 0.202 e. The van der Waals surface area contributed by atoms with Crippen LogP contribution < -0.4 is 4.74 Å². The molecule has 3 rings (SSSR count). The molecule has 0 aliphatic carbocycles. The number of hydrogen-bond donors (Lipinski definition) is 0. The molecular formula is C21H24ClFN4O2Si. The minimum Gasteiger partial charge on any atom is -0.466 e. The molecule has 0 saturated carbocycles. The van der Waals surface area contributed by atoms with Crippen LogP contribution in [0.2, 0.25) is 23.2 Å². The van der Waals surface area contributed by atoms with Gasteiger partial charge < -0.3 is 9.16 Å². The van der Waals surface area contributed by atoms with Gasteiger partial charge in [-0.15, -0.1) is 0 Å². The summed E-state index contributed by atoms with van der Waals surface area (Å²) in [5, 5.41) is 9.86. The van der Waals surface area contributed by atoms with E-state index in [0.29, 0.717) is 27.9 Å². The normalized spacial score (nSPS) is 13.3. The number of fused-ring (bicyclic) bond motifs is 1. The lowest BCUT2D eigenvalue weighted by Crippen LogP contribution is -2.42. The minimum absolute atomic E-state index is 0.00935. The highest BCUT2D eigenvalue weighted by Gasteiger charge is 2.38. The van der Waals surface area contributed by atoms with Crippen LogP contribution in [0.15, 0.2) is 36.7 Å². The number of halogens is 2. The fraction of sp³-hybridized carbons (Fsp3) is 0.381. The van der Waals surface area contributed by atoms with Gasteiger partial charge >= 0.3 is 0 Å². The standard InChI is InChI=1S/C21H24ClFN4O2Si/c1-21(2,3)30(4,5)28-13-18(17-7-6-15(23)11-25-17)29-20-9-14(22)8-19-26-12-16(10-24)27(19)20/h6-9,11-12,18H,13H2,1-5H3. The van der Waals surface area contributed by atoms with E-state index in [1.165, 1.54) is 12.3 Å². The molecule has 1 unspecified atom stereocenters. The summed E-state index contributed by atoms with van der Waals surface area (Å²) in [4.78, 5) is 8.39. The third-order valence-corrected chi connectivity index (χ3v) is 10.1. The van der Waals surface area contributed by atoms with Crippen molar-refractivity contribution in [2.45, 2.75) is 45.0 Å². The minimum atomic E-state index is -2.08. The first kappa shape index (κ1) is 22.2. The van der Waals surface area contributed by atoms with Crippen molar-refractivity contribution in [1.82, 2.24) is 14.4 Å². The summed E-state index contributed by atoms with van der Waals surface area (Å²) in [5.41, 5.74) is 1.32. The monoisotopic (exact) mass is 446 g/mol. The van der Waals surface area contributed by atoms with Crippen LogP contribution in [0, 0.1) is 17.1 Å². The fourth-order valence-corrected chi connectivity index (χ4v) is 3.81. The van der Waals surface area contributed by atoms with Gasteiger partial charge in [0.15, 0.2) is 14.4 Å². The Morgan fingerprint density at radius 2 is 1.97 bits per heavy atom. The van der Waals surface area contributed by atoms with Crippen molar-refractivity contribution in [3.8, 4) is 11.9 Å². The molecule has 0 aliphatic rings. The molecule has 0 radical (unpaired) electrons. The van der Waals surface area contributed by atoms with Gasteiger partial charge in [0.05, 0.1) is 24.7 Å². The maximum Gasteiger partial charge on any atom is 0.202 e. The second-order valence-corrected chi connectivity index (χ2v) is 13.8. The van der Waals surface area contributed by atoms with Crippen molar-refractivity contribution in [3.63, 3.8) is 0 Å². The first-order valence-electron chi connectivity index (χ1n) is 9.51. The molecule has 30 heavy (non-hydrogen) atoms. The van der Waals surface area contributed by atoms with Gasteiger partial charge in [-0.2, -0.15) is 5.26 Å². The van der Waals surface area contributed by atoms with Crippen LogP contribution in [0.5, 0.6) is 5.88 Å². The van der Waals surface area contributed by atoms with Gasteiger partial charge in [-0.1, -0.05) is 32.4 Å². The lowest BCUT2D eigenvalue weighted by molar-refractivity contribution is 0.112. The molecule has 0 bridgehead atoms. The van der Waals surface area contributed by atoms with Gasteiger partial charge in [0, 0.05) is 17.2 Å². The van der Waals surface area contributed by atoms with Crippen LogP contribution in [0.1, 0.15) is 38.3 Å². The van der Waals surface area contributed by atoms with Crippen molar-refractivity contribution in [3.05, 3.63) is 58.9 Å². The van der Waals surface area contributed by atoms with E-state index < -0.39 is 20.2 Å². The molecule has 3 heterocycles. The van der Waals surface area contributed by atoms with E-state index in [0.717, 1.165) is 6.20 Å². The second kappa shape index (κ2) is 8.34. The first-order chi connectivity index (χ1) is 14.0. The van der Waals surface area contributed by atoms with E-state index in [4.69, 9.17) is 20.8 Å². The molecule has 0 amide bonds. The van der Waals surface area contributed by atoms with Gasteiger partial charge in [-0.05, 0) is 30.3 Å². The van der Waals surface area contributed by atoms with Gasteiger partial charge in [0.1, 0.15) is 23.2 Å². The Kier molecular flexibility index (Phi) is 6.18. The summed E-state index contributed by atoms with van der Waals surface area (Å²) in [6, 6.07) is 8.25. The first-order valence-corrected chi connectivity index (χ1v) is 12.8. The topological polar surface area (TPSA) is 72.4 Å². The zero-order valence-corrected chi connectivity index (χ0v) is 19.4. The lowest BCUT2D eigenvalue weighted by atomic mass is 10.2. The second-order valence-electron chi connectivity index (χ2n) is 8.54. The number of nitrogens with zero attached hydrogens (tertiary/aromatic N) is 4. The lowest BCUT2D eigenvalue weighted by Gasteiger charge is -2.37. The quantitative estimate of drug-likeness (QED) is 0.465. The van der Waals surface area contributed by atoms with Crippen molar-refractivity contribution >= 4 is 25.6 Å². The SMILES string of the molecule is CC(C)(C)[Si](C)(C)OCC(Oc1cc(Cl)cc2ncc(C#N)n12)c1ccc(F)cn1. The Labute approximate surface area is 181 Å². The number of hydrogen-bond acceptors (Lipinski definition) is 5. The summed E-state index contributed by atoms with van der Waals surface area (Å²) in [5.74, 6) is -0.101. The summed E-state index contributed by atoms with van der Waals surface area (Å²) in [7, 11) is -2.08. The van der Waals surface area contributed by atoms with E-state index in [2.05, 4.69) is 49.9 Å². The fourth-order valence-electron chi connectivity index (χ4n) is 2.62. The zero-order chi connectivity index (χ0) is 22.1. The van der Waals surface area contributed by atoms with Crippen molar-refractivity contribution in [2.24, 2.45) is 0 Å². The average Bonchev–Trinajstić information content (AvgIpc) is 3.07. The molecule has 3 aromatic rings. The maximum atomic E-state index is 13.4.